The van der Waals surface area contributed by atoms with E-state index in [0.29, 0.717) is 11.6 Å². The molecule has 1 amide bonds. The van der Waals surface area contributed by atoms with Crippen LogP contribution in [0.1, 0.15) is 34.1 Å². The summed E-state index contributed by atoms with van der Waals surface area (Å²) in [4.78, 5) is 21.0. The van der Waals surface area contributed by atoms with Crippen molar-refractivity contribution in [2.24, 2.45) is 0 Å². The summed E-state index contributed by atoms with van der Waals surface area (Å²) in [6, 6.07) is 15.5. The van der Waals surface area contributed by atoms with E-state index in [4.69, 9.17) is 0 Å². The average Bonchev–Trinajstić information content (AvgIpc) is 2.65. The monoisotopic (exact) mass is 346 g/mol. The van der Waals surface area contributed by atoms with Crippen molar-refractivity contribution in [3.8, 4) is 0 Å². The molecule has 0 fully saturated rings. The third-order valence-electron chi connectivity index (χ3n) is 4.27. The highest BCUT2D eigenvalue weighted by molar-refractivity contribution is 6.03. The summed E-state index contributed by atoms with van der Waals surface area (Å²) in [6.07, 6.45) is 2.57. The van der Waals surface area contributed by atoms with Gasteiger partial charge in [0.15, 0.2) is 0 Å². The fourth-order valence-electron chi connectivity index (χ4n) is 2.51. The molecule has 0 radical (unpaired) electrons. The molecule has 1 aromatic heterocycles. The van der Waals surface area contributed by atoms with Crippen molar-refractivity contribution in [1.82, 2.24) is 9.97 Å². The molecule has 26 heavy (non-hydrogen) atoms. The SMILES string of the molecule is CCc1ccc(Nc2nccc(C(=O)Nc3ccc(C)c(C)c3)n2)cc1. The lowest BCUT2D eigenvalue weighted by Gasteiger charge is -2.09. The van der Waals surface area contributed by atoms with E-state index in [1.807, 2.05) is 44.2 Å². The Bertz CT molecular complexity index is 920. The number of aromatic nitrogens is 2. The largest absolute Gasteiger partial charge is 0.324 e. The summed E-state index contributed by atoms with van der Waals surface area (Å²) < 4.78 is 0. The Labute approximate surface area is 153 Å². The number of benzene rings is 2. The van der Waals surface area contributed by atoms with E-state index in [1.54, 1.807) is 12.3 Å². The van der Waals surface area contributed by atoms with Crippen molar-refractivity contribution in [1.29, 1.82) is 0 Å². The number of amides is 1. The topological polar surface area (TPSA) is 66.9 Å². The number of carbonyl (C=O) groups excluding carboxylic acids is 1. The molecule has 0 atom stereocenters. The van der Waals surface area contributed by atoms with Crippen LogP contribution in [0.25, 0.3) is 0 Å². The van der Waals surface area contributed by atoms with E-state index >= 15 is 0 Å². The molecule has 5 nitrogen and oxygen atoms in total. The Balaban J connectivity index is 1.73. The minimum absolute atomic E-state index is 0.264. The molecular weight excluding hydrogens is 324 g/mol. The van der Waals surface area contributed by atoms with Gasteiger partial charge in [0, 0.05) is 17.6 Å². The van der Waals surface area contributed by atoms with Gasteiger partial charge in [-0.15, -0.1) is 0 Å². The van der Waals surface area contributed by atoms with Crippen molar-refractivity contribution in [2.45, 2.75) is 27.2 Å². The summed E-state index contributed by atoms with van der Waals surface area (Å²) in [7, 11) is 0. The number of anilines is 3. The van der Waals surface area contributed by atoms with Gasteiger partial charge in [0.25, 0.3) is 5.91 Å². The zero-order valence-corrected chi connectivity index (χ0v) is 15.2. The van der Waals surface area contributed by atoms with Crippen LogP contribution in [0.15, 0.2) is 54.7 Å². The van der Waals surface area contributed by atoms with E-state index in [9.17, 15) is 4.79 Å². The van der Waals surface area contributed by atoms with Crippen LogP contribution in [-0.2, 0) is 6.42 Å². The quantitative estimate of drug-likeness (QED) is 0.705. The number of aryl methyl sites for hydroxylation is 3. The molecule has 0 spiro atoms. The van der Waals surface area contributed by atoms with Crippen LogP contribution < -0.4 is 10.6 Å². The summed E-state index contributed by atoms with van der Waals surface area (Å²) in [5.41, 5.74) is 5.52. The molecule has 0 unspecified atom stereocenters. The maximum absolute atomic E-state index is 12.5. The van der Waals surface area contributed by atoms with Gasteiger partial charge < -0.3 is 10.6 Å². The molecule has 0 aliphatic carbocycles. The number of nitrogens with zero attached hydrogens (tertiary/aromatic N) is 2. The number of hydrogen-bond donors (Lipinski definition) is 2. The predicted molar refractivity (Wildman–Crippen MR) is 105 cm³/mol. The van der Waals surface area contributed by atoms with Crippen LogP contribution in [0.4, 0.5) is 17.3 Å². The molecule has 2 N–H and O–H groups in total. The highest BCUT2D eigenvalue weighted by Gasteiger charge is 2.10. The van der Waals surface area contributed by atoms with Crippen molar-refractivity contribution < 1.29 is 4.79 Å². The number of carbonyl (C=O) groups is 1. The Morgan fingerprint density at radius 2 is 1.69 bits per heavy atom. The maximum Gasteiger partial charge on any atom is 0.274 e. The molecule has 0 aliphatic heterocycles. The van der Waals surface area contributed by atoms with E-state index < -0.39 is 0 Å². The molecule has 0 saturated heterocycles. The lowest BCUT2D eigenvalue weighted by atomic mass is 10.1. The second kappa shape index (κ2) is 7.78. The zero-order valence-electron chi connectivity index (χ0n) is 15.2. The molecule has 2 aromatic carbocycles. The van der Waals surface area contributed by atoms with E-state index in [1.165, 1.54) is 11.1 Å². The number of rotatable bonds is 5. The van der Waals surface area contributed by atoms with Gasteiger partial charge in [-0.2, -0.15) is 0 Å². The van der Waals surface area contributed by atoms with Gasteiger partial charge in [-0.05, 0) is 67.3 Å². The van der Waals surface area contributed by atoms with Crippen LogP contribution in [0.2, 0.25) is 0 Å². The summed E-state index contributed by atoms with van der Waals surface area (Å²) in [5.74, 6) is 0.127. The average molecular weight is 346 g/mol. The second-order valence-corrected chi connectivity index (χ2v) is 6.19. The first-order valence-corrected chi connectivity index (χ1v) is 8.63. The summed E-state index contributed by atoms with van der Waals surface area (Å²) >= 11 is 0. The van der Waals surface area contributed by atoms with Crippen molar-refractivity contribution in [2.75, 3.05) is 10.6 Å². The molecule has 1 heterocycles. The van der Waals surface area contributed by atoms with Crippen LogP contribution in [0.3, 0.4) is 0 Å². The molecule has 0 bridgehead atoms. The van der Waals surface area contributed by atoms with Crippen molar-refractivity contribution in [3.05, 3.63) is 77.1 Å². The summed E-state index contributed by atoms with van der Waals surface area (Å²) in [5, 5.41) is 6.00. The van der Waals surface area contributed by atoms with Gasteiger partial charge in [0.2, 0.25) is 5.95 Å². The first-order valence-electron chi connectivity index (χ1n) is 8.63. The fourth-order valence-corrected chi connectivity index (χ4v) is 2.51. The van der Waals surface area contributed by atoms with E-state index in [-0.39, 0.29) is 5.91 Å². The van der Waals surface area contributed by atoms with Gasteiger partial charge in [0.1, 0.15) is 5.69 Å². The van der Waals surface area contributed by atoms with Crippen molar-refractivity contribution >= 4 is 23.2 Å². The molecule has 3 rings (SSSR count). The predicted octanol–water partition coefficient (Wildman–Crippen LogP) is 4.65. The first kappa shape index (κ1) is 17.6. The Morgan fingerprint density at radius 3 is 2.38 bits per heavy atom. The fraction of sp³-hybridized carbons (Fsp3) is 0.190. The standard InChI is InChI=1S/C21H22N4O/c1-4-16-6-9-17(10-7-16)24-21-22-12-11-19(25-21)20(26)23-18-8-5-14(2)15(3)13-18/h5-13H,4H2,1-3H3,(H,23,26)(H,22,24,25). The van der Waals surface area contributed by atoms with Gasteiger partial charge >= 0.3 is 0 Å². The number of nitrogens with one attached hydrogen (secondary N) is 2. The van der Waals surface area contributed by atoms with Gasteiger partial charge in [-0.25, -0.2) is 9.97 Å². The molecule has 132 valence electrons. The Kier molecular flexibility index (Phi) is 5.27. The molecule has 0 saturated carbocycles. The third kappa shape index (κ3) is 4.25. The third-order valence-corrected chi connectivity index (χ3v) is 4.27. The Morgan fingerprint density at radius 1 is 0.962 bits per heavy atom. The summed E-state index contributed by atoms with van der Waals surface area (Å²) in [6.45, 7) is 6.17. The van der Waals surface area contributed by atoms with Crippen molar-refractivity contribution in [3.63, 3.8) is 0 Å². The smallest absolute Gasteiger partial charge is 0.274 e. The van der Waals surface area contributed by atoms with Crippen LogP contribution in [0.5, 0.6) is 0 Å². The second-order valence-electron chi connectivity index (χ2n) is 6.19. The van der Waals surface area contributed by atoms with Crippen LogP contribution in [0, 0.1) is 13.8 Å². The minimum atomic E-state index is -0.264. The molecule has 3 aromatic rings. The molecule has 5 heteroatoms. The highest BCUT2D eigenvalue weighted by atomic mass is 16.1. The highest BCUT2D eigenvalue weighted by Crippen LogP contribution is 2.17. The van der Waals surface area contributed by atoms with E-state index in [2.05, 4.69) is 39.7 Å². The maximum atomic E-state index is 12.5. The number of hydrogen-bond acceptors (Lipinski definition) is 4. The zero-order chi connectivity index (χ0) is 18.5. The van der Waals surface area contributed by atoms with Gasteiger partial charge in [-0.3, -0.25) is 4.79 Å². The van der Waals surface area contributed by atoms with Gasteiger partial charge in [0.05, 0.1) is 0 Å². The van der Waals surface area contributed by atoms with Gasteiger partial charge in [-0.1, -0.05) is 25.1 Å². The van der Waals surface area contributed by atoms with Crippen LogP contribution in [-0.4, -0.2) is 15.9 Å². The lowest BCUT2D eigenvalue weighted by Crippen LogP contribution is -2.15. The van der Waals surface area contributed by atoms with Crippen LogP contribution >= 0.6 is 0 Å². The Hall–Kier alpha value is -3.21. The lowest BCUT2D eigenvalue weighted by molar-refractivity contribution is 0.102. The molecular formula is C21H22N4O. The molecule has 0 aliphatic rings. The van der Waals surface area contributed by atoms with E-state index in [0.717, 1.165) is 23.4 Å². The first-order chi connectivity index (χ1) is 12.5. The minimum Gasteiger partial charge on any atom is -0.324 e. The normalized spacial score (nSPS) is 10.4.